The van der Waals surface area contributed by atoms with Crippen molar-refractivity contribution in [2.45, 2.75) is 32.3 Å². The lowest BCUT2D eigenvalue weighted by Crippen LogP contribution is -2.32. The topological polar surface area (TPSA) is 67.6 Å². The van der Waals surface area contributed by atoms with Gasteiger partial charge >= 0.3 is 0 Å². The normalized spacial score (nSPS) is 17.7. The number of aryl methyl sites for hydroxylation is 2. The molecule has 6 nitrogen and oxygen atoms in total. The van der Waals surface area contributed by atoms with Crippen LogP contribution in [-0.4, -0.2) is 48.3 Å². The largest absolute Gasteiger partial charge is 0.377 e. The molecule has 1 aliphatic rings. The number of benzene rings is 1. The number of aromatic nitrogens is 1. The zero-order valence-corrected chi connectivity index (χ0v) is 14.6. The molecule has 1 atom stereocenters. The first-order valence-corrected chi connectivity index (χ1v) is 8.80. The fourth-order valence-corrected chi connectivity index (χ4v) is 3.06. The van der Waals surface area contributed by atoms with Gasteiger partial charge in [-0.25, -0.2) is 0 Å². The van der Waals surface area contributed by atoms with Crippen LogP contribution in [0.4, 0.5) is 5.82 Å². The molecule has 1 aromatic heterocycles. The Labute approximate surface area is 148 Å². The first kappa shape index (κ1) is 17.6. The van der Waals surface area contributed by atoms with Crippen LogP contribution < -0.4 is 5.32 Å². The lowest BCUT2D eigenvalue weighted by atomic mass is 10.1. The molecule has 1 unspecified atom stereocenters. The highest BCUT2D eigenvalue weighted by atomic mass is 16.5. The predicted octanol–water partition coefficient (Wildman–Crippen LogP) is 2.65. The maximum absolute atomic E-state index is 12.0. The van der Waals surface area contributed by atoms with E-state index in [2.05, 4.69) is 39.6 Å². The minimum Gasteiger partial charge on any atom is -0.377 e. The summed E-state index contributed by atoms with van der Waals surface area (Å²) in [5.41, 5.74) is 1.35. The summed E-state index contributed by atoms with van der Waals surface area (Å²) >= 11 is 0. The smallest absolute Gasteiger partial charge is 0.239 e. The second-order valence-electron chi connectivity index (χ2n) is 6.48. The predicted molar refractivity (Wildman–Crippen MR) is 95.4 cm³/mol. The molecule has 2 heterocycles. The van der Waals surface area contributed by atoms with Gasteiger partial charge in [-0.15, -0.1) is 0 Å². The highest BCUT2D eigenvalue weighted by Crippen LogP contribution is 2.14. The number of amides is 1. The number of nitrogens with one attached hydrogen (secondary N) is 1. The van der Waals surface area contributed by atoms with E-state index in [0.717, 1.165) is 39.0 Å². The Hall–Kier alpha value is -2.18. The van der Waals surface area contributed by atoms with Crippen molar-refractivity contribution in [1.29, 1.82) is 0 Å². The Balaban J connectivity index is 1.31. The Morgan fingerprint density at radius 2 is 2.24 bits per heavy atom. The third-order valence-electron chi connectivity index (χ3n) is 4.30. The Morgan fingerprint density at radius 3 is 3.00 bits per heavy atom. The first-order chi connectivity index (χ1) is 12.2. The molecule has 0 bridgehead atoms. The number of hydrogen-bond donors (Lipinski definition) is 1. The molecule has 1 aliphatic heterocycles. The van der Waals surface area contributed by atoms with Crippen molar-refractivity contribution in [3.8, 4) is 0 Å². The van der Waals surface area contributed by atoms with Crippen molar-refractivity contribution in [2.75, 3.05) is 31.6 Å². The van der Waals surface area contributed by atoms with Gasteiger partial charge < -0.3 is 14.6 Å². The van der Waals surface area contributed by atoms with Gasteiger partial charge in [0.15, 0.2) is 5.82 Å². The van der Waals surface area contributed by atoms with Gasteiger partial charge in [-0.3, -0.25) is 9.69 Å². The highest BCUT2D eigenvalue weighted by Gasteiger charge is 2.24. The number of anilines is 1. The molecule has 3 rings (SSSR count). The second kappa shape index (κ2) is 8.78. The minimum absolute atomic E-state index is 0.0713. The van der Waals surface area contributed by atoms with Gasteiger partial charge in [0.1, 0.15) is 5.76 Å². The van der Waals surface area contributed by atoms with Gasteiger partial charge in [0.05, 0.1) is 12.6 Å². The van der Waals surface area contributed by atoms with Gasteiger partial charge in [0.2, 0.25) is 5.91 Å². The highest BCUT2D eigenvalue weighted by molar-refractivity contribution is 5.91. The molecule has 134 valence electrons. The minimum atomic E-state index is -0.0713. The molecule has 1 aromatic carbocycles. The third-order valence-corrected chi connectivity index (χ3v) is 4.30. The van der Waals surface area contributed by atoms with Gasteiger partial charge in [-0.05, 0) is 31.7 Å². The Morgan fingerprint density at radius 1 is 1.40 bits per heavy atom. The van der Waals surface area contributed by atoms with E-state index in [0.29, 0.717) is 18.1 Å². The summed E-state index contributed by atoms with van der Waals surface area (Å²) in [4.78, 5) is 14.1. The molecular formula is C19H25N3O3. The van der Waals surface area contributed by atoms with E-state index in [1.165, 1.54) is 5.56 Å². The molecule has 6 heteroatoms. The molecule has 0 saturated carbocycles. The number of likely N-dealkylation sites (tertiary alicyclic amines) is 1. The lowest BCUT2D eigenvalue weighted by molar-refractivity contribution is -0.117. The van der Waals surface area contributed by atoms with E-state index in [1.54, 1.807) is 13.0 Å². The van der Waals surface area contributed by atoms with Crippen molar-refractivity contribution in [2.24, 2.45) is 0 Å². The number of carbonyl (C=O) groups excluding carboxylic acids is 1. The summed E-state index contributed by atoms with van der Waals surface area (Å²) in [5.74, 6) is 1.08. The maximum Gasteiger partial charge on any atom is 0.239 e. The summed E-state index contributed by atoms with van der Waals surface area (Å²) in [5, 5.41) is 6.52. The van der Waals surface area contributed by atoms with Crippen molar-refractivity contribution in [3.63, 3.8) is 0 Å². The van der Waals surface area contributed by atoms with Crippen LogP contribution in [0.1, 0.15) is 24.2 Å². The molecule has 2 aromatic rings. The van der Waals surface area contributed by atoms with Crippen molar-refractivity contribution >= 4 is 11.7 Å². The zero-order valence-electron chi connectivity index (χ0n) is 14.6. The molecule has 1 fully saturated rings. The van der Waals surface area contributed by atoms with Crippen LogP contribution >= 0.6 is 0 Å². The number of carbonyl (C=O) groups is 1. The maximum atomic E-state index is 12.0. The second-order valence-corrected chi connectivity index (χ2v) is 6.48. The SMILES string of the molecule is Cc1cc(NC(=O)CN2CCC(OCCCc3ccccc3)C2)no1. The van der Waals surface area contributed by atoms with Gasteiger partial charge in [0.25, 0.3) is 0 Å². The molecule has 0 aliphatic carbocycles. The van der Waals surface area contributed by atoms with Crippen molar-refractivity contribution < 1.29 is 14.1 Å². The van der Waals surface area contributed by atoms with E-state index in [-0.39, 0.29) is 12.0 Å². The average molecular weight is 343 g/mol. The standard InChI is InChI=1S/C19H25N3O3/c1-15-12-18(21-25-15)20-19(23)14-22-10-9-17(13-22)24-11-5-8-16-6-3-2-4-7-16/h2-4,6-7,12,17H,5,8-11,13-14H2,1H3,(H,20,21,23). The third kappa shape index (κ3) is 5.69. The fraction of sp³-hybridized carbons (Fsp3) is 0.474. The number of rotatable bonds is 8. The number of hydrogen-bond acceptors (Lipinski definition) is 5. The van der Waals surface area contributed by atoms with Crippen LogP contribution in [0.2, 0.25) is 0 Å². The summed E-state index contributed by atoms with van der Waals surface area (Å²) in [6.45, 7) is 4.60. The molecular weight excluding hydrogens is 318 g/mol. The lowest BCUT2D eigenvalue weighted by Gasteiger charge is -2.15. The zero-order chi connectivity index (χ0) is 17.5. The quantitative estimate of drug-likeness (QED) is 0.746. The van der Waals surface area contributed by atoms with E-state index in [1.807, 2.05) is 6.07 Å². The summed E-state index contributed by atoms with van der Waals surface area (Å²) in [6, 6.07) is 12.2. The van der Waals surface area contributed by atoms with E-state index < -0.39 is 0 Å². The molecule has 1 saturated heterocycles. The van der Waals surface area contributed by atoms with Crippen LogP contribution in [0, 0.1) is 6.92 Å². The van der Waals surface area contributed by atoms with Crippen LogP contribution in [0.25, 0.3) is 0 Å². The summed E-state index contributed by atoms with van der Waals surface area (Å²) in [6.07, 6.45) is 3.25. The van der Waals surface area contributed by atoms with Gasteiger partial charge in [-0.2, -0.15) is 0 Å². The fourth-order valence-electron chi connectivity index (χ4n) is 3.06. The van der Waals surface area contributed by atoms with Crippen molar-refractivity contribution in [1.82, 2.24) is 10.1 Å². The molecule has 1 amide bonds. The Bertz CT molecular complexity index is 672. The van der Waals surface area contributed by atoms with E-state index >= 15 is 0 Å². The van der Waals surface area contributed by atoms with Crippen molar-refractivity contribution in [3.05, 3.63) is 47.7 Å². The van der Waals surface area contributed by atoms with Gasteiger partial charge in [0, 0.05) is 25.8 Å². The number of ether oxygens (including phenoxy) is 1. The molecule has 1 N–H and O–H groups in total. The van der Waals surface area contributed by atoms with Crippen LogP contribution in [0.15, 0.2) is 40.9 Å². The van der Waals surface area contributed by atoms with E-state index in [9.17, 15) is 4.79 Å². The summed E-state index contributed by atoms with van der Waals surface area (Å²) in [7, 11) is 0. The van der Waals surface area contributed by atoms with E-state index in [4.69, 9.17) is 9.26 Å². The molecule has 0 radical (unpaired) electrons. The molecule has 25 heavy (non-hydrogen) atoms. The summed E-state index contributed by atoms with van der Waals surface area (Å²) < 4.78 is 10.9. The van der Waals surface area contributed by atoms with Crippen LogP contribution in [-0.2, 0) is 16.0 Å². The Kier molecular flexibility index (Phi) is 6.19. The monoisotopic (exact) mass is 343 g/mol. The average Bonchev–Trinajstić information content (AvgIpc) is 3.21. The van der Waals surface area contributed by atoms with Gasteiger partial charge in [-0.1, -0.05) is 35.5 Å². The molecule has 0 spiro atoms. The number of nitrogens with zero attached hydrogens (tertiary/aromatic N) is 2. The van der Waals surface area contributed by atoms with Crippen LogP contribution in [0.3, 0.4) is 0 Å². The van der Waals surface area contributed by atoms with Crippen LogP contribution in [0.5, 0.6) is 0 Å². The first-order valence-electron chi connectivity index (χ1n) is 8.80.